The van der Waals surface area contributed by atoms with Gasteiger partial charge in [-0.05, 0) is 37.0 Å². The van der Waals surface area contributed by atoms with Gasteiger partial charge in [0.05, 0.1) is 24.4 Å². The van der Waals surface area contributed by atoms with Gasteiger partial charge < -0.3 is 15.4 Å². The summed E-state index contributed by atoms with van der Waals surface area (Å²) in [6.07, 6.45) is 9.27. The van der Waals surface area contributed by atoms with Crippen molar-refractivity contribution in [2.75, 3.05) is 11.5 Å². The summed E-state index contributed by atoms with van der Waals surface area (Å²) in [5.74, 6) is -1.00. The molecule has 0 saturated carbocycles. The lowest BCUT2D eigenvalue weighted by molar-refractivity contribution is -0.153. The predicted molar refractivity (Wildman–Crippen MR) is 170 cm³/mol. The number of ether oxygens (including phenoxy) is 1. The Balaban J connectivity index is 2.09. The number of thioether (sulfide) groups is 2. The van der Waals surface area contributed by atoms with E-state index in [0.29, 0.717) is 35.7 Å². The van der Waals surface area contributed by atoms with Crippen LogP contribution in [0.3, 0.4) is 0 Å². The van der Waals surface area contributed by atoms with Crippen LogP contribution < -0.4 is 10.6 Å². The van der Waals surface area contributed by atoms with Crippen LogP contribution in [0.1, 0.15) is 90.4 Å². The van der Waals surface area contributed by atoms with E-state index in [1.165, 1.54) is 36.4 Å². The Kier molecular flexibility index (Phi) is 16.5. The maximum absolute atomic E-state index is 13.2. The maximum Gasteiger partial charge on any atom is 0.329 e. The zero-order valence-electron chi connectivity index (χ0n) is 25.3. The molecular formula is C31H46N4O5S2. The van der Waals surface area contributed by atoms with Crippen LogP contribution in [-0.2, 0) is 30.5 Å². The van der Waals surface area contributed by atoms with Gasteiger partial charge in [0, 0.05) is 23.8 Å². The summed E-state index contributed by atoms with van der Waals surface area (Å²) in [5.41, 5.74) is 1.06. The number of carbonyl (C=O) groups is 4. The van der Waals surface area contributed by atoms with E-state index in [2.05, 4.69) is 22.5 Å². The topological polar surface area (TPSA) is 138 Å². The minimum Gasteiger partial charge on any atom is -0.456 e. The van der Waals surface area contributed by atoms with E-state index in [1.54, 1.807) is 31.2 Å². The van der Waals surface area contributed by atoms with Crippen molar-refractivity contribution >= 4 is 51.5 Å². The van der Waals surface area contributed by atoms with E-state index < -0.39 is 24.0 Å². The molecule has 0 radical (unpaired) electrons. The Hall–Kier alpha value is -2.66. The van der Waals surface area contributed by atoms with Crippen molar-refractivity contribution < 1.29 is 23.9 Å². The number of carbonyl (C=O) groups excluding carboxylic acids is 4. The number of cyclic esters (lactones) is 1. The fourth-order valence-electron chi connectivity index (χ4n) is 4.11. The van der Waals surface area contributed by atoms with Crippen molar-refractivity contribution in [3.63, 3.8) is 0 Å². The smallest absolute Gasteiger partial charge is 0.329 e. The lowest BCUT2D eigenvalue weighted by Gasteiger charge is -2.24. The van der Waals surface area contributed by atoms with E-state index in [4.69, 9.17) is 10.1 Å². The van der Waals surface area contributed by atoms with Crippen LogP contribution in [0.5, 0.6) is 0 Å². The highest BCUT2D eigenvalue weighted by Gasteiger charge is 2.30. The third-order valence-electron chi connectivity index (χ3n) is 6.69. The molecule has 0 aliphatic carbocycles. The lowest BCUT2D eigenvalue weighted by Crippen LogP contribution is -2.48. The van der Waals surface area contributed by atoms with Crippen LogP contribution in [0, 0.1) is 17.2 Å². The molecule has 3 atom stereocenters. The Morgan fingerprint density at radius 3 is 2.71 bits per heavy atom. The second kappa shape index (κ2) is 19.5. The number of hydrogen-bond donors (Lipinski definition) is 3. The van der Waals surface area contributed by atoms with Gasteiger partial charge in [0.15, 0.2) is 5.12 Å². The average molecular weight is 619 g/mol. The van der Waals surface area contributed by atoms with Crippen molar-refractivity contribution in [2.24, 2.45) is 11.8 Å². The number of pyridine rings is 1. The number of amides is 2. The first-order valence-corrected chi connectivity index (χ1v) is 16.8. The number of nitrogens with zero attached hydrogens (tertiary/aromatic N) is 1. The Morgan fingerprint density at radius 1 is 1.21 bits per heavy atom. The highest BCUT2D eigenvalue weighted by Crippen LogP contribution is 2.18. The van der Waals surface area contributed by atoms with Crippen LogP contribution in [-0.4, -0.2) is 56.6 Å². The summed E-state index contributed by atoms with van der Waals surface area (Å²) in [7, 11) is 0. The van der Waals surface area contributed by atoms with Gasteiger partial charge in [0.25, 0.3) is 0 Å². The van der Waals surface area contributed by atoms with Gasteiger partial charge in [-0.2, -0.15) is 0 Å². The van der Waals surface area contributed by atoms with Gasteiger partial charge in [0.1, 0.15) is 17.2 Å². The van der Waals surface area contributed by atoms with Gasteiger partial charge in [-0.15, -0.1) is 11.8 Å². The average Bonchev–Trinajstić information content (AvgIpc) is 2.96. The van der Waals surface area contributed by atoms with Crippen LogP contribution in [0.2, 0.25) is 0 Å². The quantitative estimate of drug-likeness (QED) is 0.170. The molecule has 42 heavy (non-hydrogen) atoms. The van der Waals surface area contributed by atoms with Crippen LogP contribution in [0.4, 0.5) is 0 Å². The maximum atomic E-state index is 13.2. The molecule has 1 aliphatic heterocycles. The molecule has 1 aliphatic rings. The van der Waals surface area contributed by atoms with E-state index in [9.17, 15) is 19.2 Å². The number of fused-ring (bicyclic) bond motifs is 2. The fraction of sp³-hybridized carbons (Fsp3) is 0.613. The molecule has 9 nitrogen and oxygen atoms in total. The summed E-state index contributed by atoms with van der Waals surface area (Å²) < 4.78 is 5.75. The van der Waals surface area contributed by atoms with Crippen molar-refractivity contribution in [2.45, 2.75) is 97.8 Å². The van der Waals surface area contributed by atoms with Crippen molar-refractivity contribution in [1.82, 2.24) is 15.6 Å². The molecule has 3 N–H and O–H groups in total. The number of aromatic nitrogens is 1. The van der Waals surface area contributed by atoms with Crippen molar-refractivity contribution in [3.8, 4) is 0 Å². The van der Waals surface area contributed by atoms with Crippen LogP contribution in [0.15, 0.2) is 30.4 Å². The molecular weight excluding hydrogens is 572 g/mol. The van der Waals surface area contributed by atoms with Crippen LogP contribution >= 0.6 is 23.5 Å². The number of hydrogen-bond acceptors (Lipinski definition) is 9. The SMILES string of the molecule is CCCCCCCC(=O)SCC/C=C/[C@@H]1CC(=O)NCc2cccc(n2)C(=N)SC[C@@H](C)C(=O)N[C@@H](C(C)C)C(=O)O1. The molecule has 2 amide bonds. The molecule has 2 rings (SSSR count). The summed E-state index contributed by atoms with van der Waals surface area (Å²) in [6.45, 7) is 7.71. The summed E-state index contributed by atoms with van der Waals surface area (Å²) in [5, 5.41) is 14.4. The third kappa shape index (κ3) is 13.5. The van der Waals surface area contributed by atoms with Gasteiger partial charge in [-0.3, -0.25) is 19.8 Å². The molecule has 1 aromatic heterocycles. The zero-order chi connectivity index (χ0) is 30.9. The summed E-state index contributed by atoms with van der Waals surface area (Å²) in [4.78, 5) is 55.6. The Bertz CT molecular complexity index is 1090. The Morgan fingerprint density at radius 2 is 1.98 bits per heavy atom. The van der Waals surface area contributed by atoms with E-state index >= 15 is 0 Å². The fourth-order valence-corrected chi connectivity index (χ4v) is 5.71. The number of unbranched alkanes of at least 4 members (excludes halogenated alkanes) is 4. The van der Waals surface area contributed by atoms with Gasteiger partial charge in [-0.25, -0.2) is 9.78 Å². The number of rotatable bonds is 11. The van der Waals surface area contributed by atoms with E-state index in [-0.39, 0.29) is 40.9 Å². The minimum atomic E-state index is -0.888. The summed E-state index contributed by atoms with van der Waals surface area (Å²) in [6, 6.07) is 4.38. The largest absolute Gasteiger partial charge is 0.456 e. The van der Waals surface area contributed by atoms with Crippen molar-refractivity contribution in [3.05, 3.63) is 41.7 Å². The second-order valence-electron chi connectivity index (χ2n) is 10.8. The minimum absolute atomic E-state index is 0.105. The molecule has 0 unspecified atom stereocenters. The third-order valence-corrected chi connectivity index (χ3v) is 8.82. The number of esters is 1. The molecule has 1 aromatic rings. The molecule has 2 heterocycles. The monoisotopic (exact) mass is 618 g/mol. The first-order chi connectivity index (χ1) is 20.1. The van der Waals surface area contributed by atoms with E-state index in [0.717, 1.165) is 19.3 Å². The molecule has 11 heteroatoms. The van der Waals surface area contributed by atoms with Crippen LogP contribution in [0.25, 0.3) is 0 Å². The lowest BCUT2D eigenvalue weighted by atomic mass is 10.0. The highest BCUT2D eigenvalue weighted by molar-refractivity contribution is 8.14. The predicted octanol–water partition coefficient (Wildman–Crippen LogP) is 5.42. The molecule has 0 saturated heterocycles. The zero-order valence-corrected chi connectivity index (χ0v) is 26.9. The summed E-state index contributed by atoms with van der Waals surface area (Å²) >= 11 is 2.51. The molecule has 232 valence electrons. The standard InChI is InChI=1S/C31H46N4O5S2/c1-5-6-7-8-9-16-27(37)41-17-11-10-14-24-18-26(36)33-19-23-13-12-15-25(34-23)29(32)42-20-22(4)30(38)35-28(21(2)3)31(39)40-24/h10,12-15,21-22,24,28,32H,5-9,11,16-20H2,1-4H3,(H,33,36)(H,35,38)/b14-10+,32-29?/t22-,24-,28+/m1/s1. The molecule has 2 bridgehead atoms. The van der Waals surface area contributed by atoms with Gasteiger partial charge >= 0.3 is 5.97 Å². The van der Waals surface area contributed by atoms with Gasteiger partial charge in [-0.1, -0.05) is 77.3 Å². The first-order valence-electron chi connectivity index (χ1n) is 14.9. The number of nitrogens with one attached hydrogen (secondary N) is 3. The number of allylic oxidation sites excluding steroid dienone is 1. The first kappa shape index (κ1) is 35.5. The molecule has 0 spiro atoms. The highest BCUT2D eigenvalue weighted by atomic mass is 32.2. The Labute approximate surface area is 258 Å². The normalized spacial score (nSPS) is 21.1. The van der Waals surface area contributed by atoms with Crippen molar-refractivity contribution in [1.29, 1.82) is 5.41 Å². The second-order valence-corrected chi connectivity index (χ2v) is 13.0. The van der Waals surface area contributed by atoms with E-state index in [1.807, 2.05) is 19.9 Å². The molecule has 0 fully saturated rings. The molecule has 0 aromatic carbocycles. The van der Waals surface area contributed by atoms with Gasteiger partial charge in [0.2, 0.25) is 11.8 Å².